The van der Waals surface area contributed by atoms with E-state index in [1.165, 1.54) is 0 Å². The quantitative estimate of drug-likeness (QED) is 0.932. The highest BCUT2D eigenvalue weighted by Gasteiger charge is 2.14. The summed E-state index contributed by atoms with van der Waals surface area (Å²) in [7, 11) is 0. The fourth-order valence-electron chi connectivity index (χ4n) is 1.34. The molecular weight excluding hydrogens is 261 g/mol. The molecule has 4 nitrogen and oxygen atoms in total. The van der Waals surface area contributed by atoms with Crippen LogP contribution in [0, 0.1) is 0 Å². The topological polar surface area (TPSA) is 64.9 Å². The molecule has 0 aliphatic rings. The van der Waals surface area contributed by atoms with E-state index < -0.39 is 0 Å². The Balaban J connectivity index is 2.36. The van der Waals surface area contributed by atoms with Crippen LogP contribution in [-0.2, 0) is 0 Å². The number of benzene rings is 1. The van der Waals surface area contributed by atoms with Gasteiger partial charge in [0.1, 0.15) is 0 Å². The van der Waals surface area contributed by atoms with Crippen molar-refractivity contribution in [3.05, 3.63) is 34.1 Å². The first-order chi connectivity index (χ1) is 8.10. The van der Waals surface area contributed by atoms with Crippen LogP contribution in [0.15, 0.2) is 22.7 Å². The van der Waals surface area contributed by atoms with E-state index in [1.54, 1.807) is 18.2 Å². The molecule has 1 heterocycles. The molecule has 0 amide bonds. The number of halogens is 2. The zero-order valence-electron chi connectivity index (χ0n) is 9.15. The number of nitrogens with two attached hydrogens (primary N) is 1. The van der Waals surface area contributed by atoms with Gasteiger partial charge >= 0.3 is 0 Å². The van der Waals surface area contributed by atoms with E-state index in [9.17, 15) is 0 Å². The first kappa shape index (κ1) is 12.4. The summed E-state index contributed by atoms with van der Waals surface area (Å²) in [5, 5.41) is 4.92. The highest BCUT2D eigenvalue weighted by atomic mass is 35.5. The fraction of sp³-hybridized carbons (Fsp3) is 0.273. The molecule has 0 saturated carbocycles. The summed E-state index contributed by atoms with van der Waals surface area (Å²) in [5.74, 6) is 1.03. The maximum Gasteiger partial charge on any atom is 0.258 e. The summed E-state index contributed by atoms with van der Waals surface area (Å²) >= 11 is 11.8. The summed E-state index contributed by atoms with van der Waals surface area (Å²) in [6, 6.07) is 5.09. The molecule has 2 aromatic rings. The van der Waals surface area contributed by atoms with E-state index in [4.69, 9.17) is 33.5 Å². The van der Waals surface area contributed by atoms with Crippen molar-refractivity contribution in [2.45, 2.75) is 12.8 Å². The molecule has 0 spiro atoms. The van der Waals surface area contributed by atoms with Crippen molar-refractivity contribution in [3.63, 3.8) is 0 Å². The minimum atomic E-state index is 0.0576. The molecule has 0 radical (unpaired) electrons. The monoisotopic (exact) mass is 271 g/mol. The van der Waals surface area contributed by atoms with Crippen molar-refractivity contribution in [1.29, 1.82) is 0 Å². The van der Waals surface area contributed by atoms with Gasteiger partial charge in [-0.25, -0.2) is 0 Å². The molecule has 90 valence electrons. The molecule has 0 fully saturated rings. The van der Waals surface area contributed by atoms with Crippen molar-refractivity contribution in [2.24, 2.45) is 5.73 Å². The van der Waals surface area contributed by atoms with E-state index in [0.717, 1.165) is 0 Å². The lowest BCUT2D eigenvalue weighted by molar-refractivity contribution is 0.418. The molecule has 1 aromatic carbocycles. The molecule has 2 N–H and O–H groups in total. The lowest BCUT2D eigenvalue weighted by Crippen LogP contribution is -2.10. The van der Waals surface area contributed by atoms with E-state index in [1.807, 2.05) is 6.92 Å². The van der Waals surface area contributed by atoms with Crippen LogP contribution in [0.25, 0.3) is 11.5 Å². The molecular formula is C11H11Cl2N3O. The van der Waals surface area contributed by atoms with Crippen LogP contribution in [0.2, 0.25) is 10.0 Å². The highest BCUT2D eigenvalue weighted by Crippen LogP contribution is 2.26. The third-order valence-electron chi connectivity index (χ3n) is 2.35. The van der Waals surface area contributed by atoms with Crippen LogP contribution in [0.1, 0.15) is 18.7 Å². The molecule has 1 unspecified atom stereocenters. The largest absolute Gasteiger partial charge is 0.334 e. The molecule has 6 heteroatoms. The standard InChI is InChI=1S/C11H11Cl2N3O/c1-6(5-14)10-15-11(17-16-10)7-2-8(12)4-9(13)3-7/h2-4,6H,5,14H2,1H3. The predicted molar refractivity (Wildman–Crippen MR) is 67.2 cm³/mol. The summed E-state index contributed by atoms with van der Waals surface area (Å²) < 4.78 is 5.15. The minimum Gasteiger partial charge on any atom is -0.334 e. The molecule has 0 aliphatic heterocycles. The fourth-order valence-corrected chi connectivity index (χ4v) is 1.86. The average Bonchev–Trinajstić information content (AvgIpc) is 2.76. The SMILES string of the molecule is CC(CN)c1noc(-c2cc(Cl)cc(Cl)c2)n1. The Morgan fingerprint density at radius 1 is 1.29 bits per heavy atom. The Morgan fingerprint density at radius 3 is 2.53 bits per heavy atom. The van der Waals surface area contributed by atoms with Gasteiger partial charge in [-0.3, -0.25) is 0 Å². The van der Waals surface area contributed by atoms with Crippen LogP contribution in [-0.4, -0.2) is 16.7 Å². The molecule has 1 atom stereocenters. The van der Waals surface area contributed by atoms with Gasteiger partial charge in [0.2, 0.25) is 0 Å². The Bertz CT molecular complexity index is 507. The highest BCUT2D eigenvalue weighted by molar-refractivity contribution is 6.35. The van der Waals surface area contributed by atoms with Crippen LogP contribution < -0.4 is 5.73 Å². The smallest absolute Gasteiger partial charge is 0.258 e. The predicted octanol–water partition coefficient (Wildman–Crippen LogP) is 3.11. The zero-order chi connectivity index (χ0) is 12.4. The van der Waals surface area contributed by atoms with Crippen molar-refractivity contribution in [1.82, 2.24) is 10.1 Å². The van der Waals surface area contributed by atoms with Crippen molar-refractivity contribution in [2.75, 3.05) is 6.54 Å². The third-order valence-corrected chi connectivity index (χ3v) is 2.78. The number of hydrogen-bond donors (Lipinski definition) is 1. The second-order valence-corrected chi connectivity index (χ2v) is 4.63. The van der Waals surface area contributed by atoms with Gasteiger partial charge in [0.05, 0.1) is 0 Å². The Hall–Kier alpha value is -1.10. The van der Waals surface area contributed by atoms with Gasteiger partial charge in [-0.15, -0.1) is 0 Å². The summed E-state index contributed by atoms with van der Waals surface area (Å²) in [4.78, 5) is 4.26. The minimum absolute atomic E-state index is 0.0576. The van der Waals surface area contributed by atoms with Crippen LogP contribution >= 0.6 is 23.2 Å². The Morgan fingerprint density at radius 2 is 1.94 bits per heavy atom. The maximum absolute atomic E-state index is 5.90. The zero-order valence-corrected chi connectivity index (χ0v) is 10.7. The normalized spacial score (nSPS) is 12.7. The number of hydrogen-bond acceptors (Lipinski definition) is 4. The van der Waals surface area contributed by atoms with Gasteiger partial charge in [0.15, 0.2) is 5.82 Å². The lowest BCUT2D eigenvalue weighted by atomic mass is 10.2. The number of nitrogens with zero attached hydrogens (tertiary/aromatic N) is 2. The van der Waals surface area contributed by atoms with Crippen molar-refractivity contribution >= 4 is 23.2 Å². The van der Waals surface area contributed by atoms with E-state index in [0.29, 0.717) is 33.9 Å². The number of rotatable bonds is 3. The van der Waals surface area contributed by atoms with Gasteiger partial charge in [-0.2, -0.15) is 4.98 Å². The van der Waals surface area contributed by atoms with Crippen molar-refractivity contribution in [3.8, 4) is 11.5 Å². The van der Waals surface area contributed by atoms with Gasteiger partial charge in [-0.1, -0.05) is 35.3 Å². The third kappa shape index (κ3) is 2.77. The van der Waals surface area contributed by atoms with Crippen molar-refractivity contribution < 1.29 is 4.52 Å². The van der Waals surface area contributed by atoms with Gasteiger partial charge in [0.25, 0.3) is 5.89 Å². The van der Waals surface area contributed by atoms with Gasteiger partial charge < -0.3 is 10.3 Å². The average molecular weight is 272 g/mol. The molecule has 0 saturated heterocycles. The molecule has 0 bridgehead atoms. The first-order valence-electron chi connectivity index (χ1n) is 5.10. The maximum atomic E-state index is 5.90. The first-order valence-corrected chi connectivity index (χ1v) is 5.86. The lowest BCUT2D eigenvalue weighted by Gasteiger charge is -1.99. The van der Waals surface area contributed by atoms with E-state index in [2.05, 4.69) is 10.1 Å². The second kappa shape index (κ2) is 5.04. The van der Waals surface area contributed by atoms with Crippen LogP contribution in [0.3, 0.4) is 0 Å². The molecule has 2 rings (SSSR count). The van der Waals surface area contributed by atoms with Gasteiger partial charge in [-0.05, 0) is 18.2 Å². The summed E-state index contributed by atoms with van der Waals surface area (Å²) in [6.45, 7) is 2.40. The molecule has 17 heavy (non-hydrogen) atoms. The van der Waals surface area contributed by atoms with Crippen LogP contribution in [0.5, 0.6) is 0 Å². The van der Waals surface area contributed by atoms with Gasteiger partial charge in [0, 0.05) is 28.1 Å². The Kier molecular flexibility index (Phi) is 3.66. The van der Waals surface area contributed by atoms with E-state index >= 15 is 0 Å². The number of aromatic nitrogens is 2. The summed E-state index contributed by atoms with van der Waals surface area (Å²) in [5.41, 5.74) is 6.24. The van der Waals surface area contributed by atoms with Crippen LogP contribution in [0.4, 0.5) is 0 Å². The molecule has 0 aliphatic carbocycles. The molecule has 1 aromatic heterocycles. The Labute approximate surface area is 109 Å². The summed E-state index contributed by atoms with van der Waals surface area (Å²) in [6.07, 6.45) is 0. The van der Waals surface area contributed by atoms with E-state index in [-0.39, 0.29) is 5.92 Å². The second-order valence-electron chi connectivity index (χ2n) is 3.75.